The van der Waals surface area contributed by atoms with Crippen molar-refractivity contribution in [2.45, 2.75) is 16.0 Å². The molecule has 2 aromatic carbocycles. The Morgan fingerprint density at radius 1 is 0.905 bits per heavy atom. The lowest BCUT2D eigenvalue weighted by molar-refractivity contribution is -0.137. The molecule has 0 heterocycles. The lowest BCUT2D eigenvalue weighted by Crippen LogP contribution is -2.08. The quantitative estimate of drug-likeness (QED) is 0.816. The van der Waals surface area contributed by atoms with Gasteiger partial charge in [-0.15, -0.1) is 0 Å². The van der Waals surface area contributed by atoms with E-state index in [-0.39, 0.29) is 15.4 Å². The minimum Gasteiger partial charge on any atom is -0.298 e. The fourth-order valence-corrected chi connectivity index (χ4v) is 3.21. The molecule has 2 rings (SSSR count). The van der Waals surface area contributed by atoms with Crippen molar-refractivity contribution in [3.8, 4) is 0 Å². The molecule has 21 heavy (non-hydrogen) atoms. The van der Waals surface area contributed by atoms with Gasteiger partial charge < -0.3 is 0 Å². The Bertz CT molecular complexity index is 763. The van der Waals surface area contributed by atoms with E-state index in [0.717, 1.165) is 12.1 Å². The van der Waals surface area contributed by atoms with E-state index >= 15 is 0 Å². The van der Waals surface area contributed by atoms with Gasteiger partial charge in [0.1, 0.15) is 0 Å². The van der Waals surface area contributed by atoms with E-state index in [1.54, 1.807) is 0 Å². The van der Waals surface area contributed by atoms with Gasteiger partial charge in [0.05, 0.1) is 15.4 Å². The van der Waals surface area contributed by atoms with Gasteiger partial charge in [0.25, 0.3) is 0 Å². The summed E-state index contributed by atoms with van der Waals surface area (Å²) in [5.41, 5.74) is -0.984. The van der Waals surface area contributed by atoms with Gasteiger partial charge in [0, 0.05) is 5.56 Å². The van der Waals surface area contributed by atoms with Crippen molar-refractivity contribution in [1.29, 1.82) is 0 Å². The zero-order chi connectivity index (χ0) is 15.7. The van der Waals surface area contributed by atoms with E-state index < -0.39 is 21.6 Å². The van der Waals surface area contributed by atoms with Crippen LogP contribution in [0, 0.1) is 0 Å². The van der Waals surface area contributed by atoms with Gasteiger partial charge in [-0.05, 0) is 30.3 Å². The first kappa shape index (κ1) is 15.2. The smallest absolute Gasteiger partial charge is 0.298 e. The molecule has 0 aromatic heterocycles. The third kappa shape index (κ3) is 2.97. The molecular weight excluding hydrogens is 305 g/mol. The summed E-state index contributed by atoms with van der Waals surface area (Å²) in [6.45, 7) is 0. The van der Waals surface area contributed by atoms with Crippen LogP contribution in [0.3, 0.4) is 0 Å². The normalized spacial score (nSPS) is 12.1. The van der Waals surface area contributed by atoms with Gasteiger partial charge in [-0.1, -0.05) is 18.2 Å². The van der Waals surface area contributed by atoms with Gasteiger partial charge in [-0.3, -0.25) is 4.79 Å². The molecule has 0 saturated carbocycles. The van der Waals surface area contributed by atoms with Crippen LogP contribution in [-0.2, 0) is 16.0 Å². The maximum absolute atomic E-state index is 12.5. The number of carbonyl (C=O) groups excluding carboxylic acids is 1. The van der Waals surface area contributed by atoms with Crippen molar-refractivity contribution < 1.29 is 26.4 Å². The highest BCUT2D eigenvalue weighted by Gasteiger charge is 2.31. The van der Waals surface area contributed by atoms with Crippen LogP contribution < -0.4 is 0 Å². The number of halogens is 3. The first-order valence-electron chi connectivity index (χ1n) is 5.73. The molecular formula is C14H9F3O3S. The maximum Gasteiger partial charge on any atom is 0.416 e. The molecule has 0 N–H and O–H groups in total. The third-order valence-electron chi connectivity index (χ3n) is 2.83. The highest BCUT2D eigenvalue weighted by atomic mass is 32.2. The largest absolute Gasteiger partial charge is 0.416 e. The molecule has 0 aliphatic rings. The Morgan fingerprint density at radius 2 is 1.48 bits per heavy atom. The molecule has 0 fully saturated rings. The zero-order valence-electron chi connectivity index (χ0n) is 10.5. The van der Waals surface area contributed by atoms with E-state index in [0.29, 0.717) is 18.4 Å². The van der Waals surface area contributed by atoms with Crippen LogP contribution in [-0.4, -0.2) is 14.7 Å². The second kappa shape index (κ2) is 5.33. The van der Waals surface area contributed by atoms with Crippen molar-refractivity contribution in [2.75, 3.05) is 0 Å². The number of alkyl halides is 3. The van der Waals surface area contributed by atoms with Gasteiger partial charge in [0.2, 0.25) is 9.84 Å². The summed E-state index contributed by atoms with van der Waals surface area (Å²) >= 11 is 0. The lowest BCUT2D eigenvalue weighted by Gasteiger charge is -2.09. The number of hydrogen-bond acceptors (Lipinski definition) is 3. The molecule has 0 unspecified atom stereocenters. The molecule has 0 bridgehead atoms. The Hall–Kier alpha value is -2.15. The summed E-state index contributed by atoms with van der Waals surface area (Å²) in [6, 6.07) is 8.62. The number of carbonyl (C=O) groups is 1. The monoisotopic (exact) mass is 314 g/mol. The molecule has 0 aliphatic heterocycles. The molecule has 0 radical (unpaired) electrons. The van der Waals surface area contributed by atoms with Crippen LogP contribution in [0.25, 0.3) is 0 Å². The van der Waals surface area contributed by atoms with E-state index in [1.165, 1.54) is 24.3 Å². The molecule has 7 heteroatoms. The Morgan fingerprint density at radius 3 is 2.00 bits per heavy atom. The molecule has 3 nitrogen and oxygen atoms in total. The van der Waals surface area contributed by atoms with Crippen molar-refractivity contribution in [1.82, 2.24) is 0 Å². The van der Waals surface area contributed by atoms with Crippen LogP contribution in [0.2, 0.25) is 0 Å². The maximum atomic E-state index is 12.5. The van der Waals surface area contributed by atoms with Gasteiger partial charge in [-0.2, -0.15) is 13.2 Å². The van der Waals surface area contributed by atoms with Crippen LogP contribution in [0.5, 0.6) is 0 Å². The van der Waals surface area contributed by atoms with E-state index in [2.05, 4.69) is 0 Å². The first-order valence-corrected chi connectivity index (χ1v) is 7.21. The van der Waals surface area contributed by atoms with E-state index in [1.807, 2.05) is 0 Å². The van der Waals surface area contributed by atoms with Gasteiger partial charge in [0.15, 0.2) is 6.29 Å². The minimum atomic E-state index is -4.54. The molecule has 0 saturated heterocycles. The lowest BCUT2D eigenvalue weighted by atomic mass is 10.2. The van der Waals surface area contributed by atoms with Crippen LogP contribution >= 0.6 is 0 Å². The number of rotatable bonds is 3. The standard InChI is InChI=1S/C14H9F3O3S/c15-14(16,17)11-5-7-12(8-6-11)21(19,20)13-4-2-1-3-10(13)9-18/h1-9H. The highest BCUT2D eigenvalue weighted by Crippen LogP contribution is 2.31. The topological polar surface area (TPSA) is 51.2 Å². The van der Waals surface area contributed by atoms with Crippen molar-refractivity contribution in [2.24, 2.45) is 0 Å². The van der Waals surface area contributed by atoms with Crippen molar-refractivity contribution in [3.05, 3.63) is 59.7 Å². The zero-order valence-corrected chi connectivity index (χ0v) is 11.3. The van der Waals surface area contributed by atoms with Crippen molar-refractivity contribution >= 4 is 16.1 Å². The minimum absolute atomic E-state index is 0.0441. The predicted molar refractivity (Wildman–Crippen MR) is 68.7 cm³/mol. The summed E-state index contributed by atoms with van der Waals surface area (Å²) in [5, 5.41) is 0. The fourth-order valence-electron chi connectivity index (χ4n) is 1.77. The molecule has 2 aromatic rings. The fraction of sp³-hybridized carbons (Fsp3) is 0.0714. The van der Waals surface area contributed by atoms with Gasteiger partial charge in [-0.25, -0.2) is 8.42 Å². The number of hydrogen-bond donors (Lipinski definition) is 0. The first-order chi connectivity index (χ1) is 9.76. The second-order valence-corrected chi connectivity index (χ2v) is 6.10. The van der Waals surface area contributed by atoms with Crippen LogP contribution in [0.1, 0.15) is 15.9 Å². The Balaban J connectivity index is 2.52. The van der Waals surface area contributed by atoms with Crippen LogP contribution in [0.4, 0.5) is 13.2 Å². The molecule has 0 spiro atoms. The number of benzene rings is 2. The Labute approximate surface area is 119 Å². The second-order valence-electron chi connectivity index (χ2n) is 4.18. The van der Waals surface area contributed by atoms with E-state index in [4.69, 9.17) is 0 Å². The summed E-state index contributed by atoms with van der Waals surface area (Å²) in [5.74, 6) is 0. The van der Waals surface area contributed by atoms with Gasteiger partial charge >= 0.3 is 6.18 Å². The third-order valence-corrected chi connectivity index (χ3v) is 4.67. The van der Waals surface area contributed by atoms with Crippen molar-refractivity contribution in [3.63, 3.8) is 0 Å². The summed E-state index contributed by atoms with van der Waals surface area (Å²) in [4.78, 5) is 10.3. The predicted octanol–water partition coefficient (Wildman–Crippen LogP) is 3.35. The SMILES string of the molecule is O=Cc1ccccc1S(=O)(=O)c1ccc(C(F)(F)F)cc1. The summed E-state index contributed by atoms with van der Waals surface area (Å²) < 4.78 is 62.1. The highest BCUT2D eigenvalue weighted by molar-refractivity contribution is 7.91. The molecule has 0 atom stereocenters. The summed E-state index contributed by atoms with van der Waals surface area (Å²) in [7, 11) is -4.04. The van der Waals surface area contributed by atoms with E-state index in [9.17, 15) is 26.4 Å². The number of sulfone groups is 1. The Kier molecular flexibility index (Phi) is 3.87. The average Bonchev–Trinajstić information content (AvgIpc) is 2.46. The molecule has 110 valence electrons. The molecule has 0 amide bonds. The summed E-state index contributed by atoms with van der Waals surface area (Å²) in [6.07, 6.45) is -4.15. The average molecular weight is 314 g/mol. The number of aldehydes is 1. The molecule has 0 aliphatic carbocycles. The van der Waals surface area contributed by atoms with Crippen LogP contribution in [0.15, 0.2) is 58.3 Å².